The van der Waals surface area contributed by atoms with E-state index in [-0.39, 0.29) is 11.9 Å². The van der Waals surface area contributed by atoms with Crippen molar-refractivity contribution in [1.82, 2.24) is 15.3 Å². The molecule has 0 bridgehead atoms. The fourth-order valence-electron chi connectivity index (χ4n) is 2.06. The van der Waals surface area contributed by atoms with Gasteiger partial charge in [0.1, 0.15) is 12.0 Å². The number of oxazole rings is 1. The molecule has 8 heteroatoms. The van der Waals surface area contributed by atoms with Gasteiger partial charge < -0.3 is 15.5 Å². The Morgan fingerprint density at radius 2 is 2.21 bits per heavy atom. The second-order valence-corrected chi connectivity index (χ2v) is 5.76. The first-order chi connectivity index (χ1) is 11.6. The molecule has 1 amide bonds. The first-order valence-electron chi connectivity index (χ1n) is 7.83. The minimum Gasteiger partial charge on any atom is -0.431 e. The van der Waals surface area contributed by atoms with Gasteiger partial charge in [0.2, 0.25) is 5.91 Å². The van der Waals surface area contributed by atoms with Crippen LogP contribution in [0.4, 0.5) is 6.01 Å². The molecule has 1 fully saturated rings. The molecule has 1 aliphatic rings. The molecule has 0 radical (unpaired) electrons. The van der Waals surface area contributed by atoms with E-state index in [1.807, 2.05) is 18.2 Å². The lowest BCUT2D eigenvalue weighted by atomic mass is 10.2. The summed E-state index contributed by atoms with van der Waals surface area (Å²) in [6, 6.07) is 5.79. The van der Waals surface area contributed by atoms with E-state index in [2.05, 4.69) is 25.6 Å². The first-order valence-corrected chi connectivity index (χ1v) is 7.83. The summed E-state index contributed by atoms with van der Waals surface area (Å²) in [5.41, 5.74) is 7.78. The number of rotatable bonds is 6. The number of pyridine rings is 1. The number of hydrogen-bond donors (Lipinski definition) is 3. The van der Waals surface area contributed by atoms with Gasteiger partial charge in [-0.25, -0.2) is 4.98 Å². The summed E-state index contributed by atoms with van der Waals surface area (Å²) >= 11 is 0. The molecule has 2 aromatic rings. The van der Waals surface area contributed by atoms with Crippen molar-refractivity contribution in [2.75, 3.05) is 11.9 Å². The summed E-state index contributed by atoms with van der Waals surface area (Å²) < 4.78 is 5.36. The van der Waals surface area contributed by atoms with E-state index in [0.717, 1.165) is 12.2 Å². The molecular formula is C16H20N6O2. The fraction of sp³-hybridized carbons (Fsp3) is 0.375. The number of carbonyl (C=O) groups is 1. The molecule has 0 saturated heterocycles. The second kappa shape index (κ2) is 7.12. The summed E-state index contributed by atoms with van der Waals surface area (Å²) in [5, 5.41) is 5.55. The monoisotopic (exact) mass is 328 g/mol. The number of aliphatic imine (C=N–C) groups is 1. The Morgan fingerprint density at radius 3 is 2.96 bits per heavy atom. The number of amides is 1. The number of nitrogens with zero attached hydrogens (tertiary/aromatic N) is 3. The largest absolute Gasteiger partial charge is 0.431 e. The van der Waals surface area contributed by atoms with Gasteiger partial charge in [-0.3, -0.25) is 15.1 Å². The summed E-state index contributed by atoms with van der Waals surface area (Å²) in [6.07, 6.45) is 3.95. The van der Waals surface area contributed by atoms with Crippen molar-refractivity contribution in [3.05, 3.63) is 30.2 Å². The molecule has 2 aromatic heterocycles. The van der Waals surface area contributed by atoms with E-state index in [9.17, 15) is 4.79 Å². The molecule has 126 valence electrons. The van der Waals surface area contributed by atoms with Gasteiger partial charge in [0.25, 0.3) is 0 Å². The lowest BCUT2D eigenvalue weighted by Gasteiger charge is -2.03. The topological polar surface area (TPSA) is 118 Å². The minimum absolute atomic E-state index is 0.101. The van der Waals surface area contributed by atoms with E-state index in [4.69, 9.17) is 10.2 Å². The van der Waals surface area contributed by atoms with Crippen LogP contribution in [0.15, 0.2) is 33.9 Å². The van der Waals surface area contributed by atoms with Crippen LogP contribution in [0, 0.1) is 5.92 Å². The Kier molecular flexibility index (Phi) is 4.74. The van der Waals surface area contributed by atoms with Gasteiger partial charge in [0, 0.05) is 13.5 Å². The van der Waals surface area contributed by atoms with Crippen molar-refractivity contribution < 1.29 is 9.21 Å². The number of nitrogens with two attached hydrogens (primary N) is 1. The zero-order valence-electron chi connectivity index (χ0n) is 13.5. The third-order valence-corrected chi connectivity index (χ3v) is 3.54. The maximum Gasteiger partial charge on any atom is 0.302 e. The molecule has 8 nitrogen and oxygen atoms in total. The summed E-state index contributed by atoms with van der Waals surface area (Å²) in [6.45, 7) is 2.57. The lowest BCUT2D eigenvalue weighted by Crippen LogP contribution is -2.23. The number of nitrogens with one attached hydrogen (secondary N) is 2. The highest BCUT2D eigenvalue weighted by Crippen LogP contribution is 2.28. The van der Waals surface area contributed by atoms with Crippen molar-refractivity contribution in [2.24, 2.45) is 16.6 Å². The van der Waals surface area contributed by atoms with Gasteiger partial charge in [-0.1, -0.05) is 6.07 Å². The van der Waals surface area contributed by atoms with Crippen molar-refractivity contribution in [2.45, 2.75) is 26.3 Å². The van der Waals surface area contributed by atoms with Crippen LogP contribution in [-0.2, 0) is 11.3 Å². The van der Waals surface area contributed by atoms with E-state index in [1.54, 1.807) is 0 Å². The summed E-state index contributed by atoms with van der Waals surface area (Å²) in [4.78, 5) is 24.0. The van der Waals surface area contributed by atoms with Gasteiger partial charge in [0.15, 0.2) is 5.96 Å². The standard InChI is InChI=1S/C16H20N6O2/c1-10(23)18-8-12-3-2-4-13(20-12)14-9-24-16(21-14)22-15(17)19-7-11-5-6-11/h2-4,9,11H,5-8H2,1H3,(H,18,23)(H3,17,19,21,22). The van der Waals surface area contributed by atoms with Crippen LogP contribution in [0.3, 0.4) is 0 Å². The van der Waals surface area contributed by atoms with Crippen LogP contribution >= 0.6 is 0 Å². The van der Waals surface area contributed by atoms with E-state index < -0.39 is 0 Å². The van der Waals surface area contributed by atoms with Gasteiger partial charge >= 0.3 is 6.01 Å². The van der Waals surface area contributed by atoms with Crippen LogP contribution in [0.1, 0.15) is 25.5 Å². The van der Waals surface area contributed by atoms with E-state index >= 15 is 0 Å². The smallest absolute Gasteiger partial charge is 0.302 e. The molecule has 3 rings (SSSR count). The first kappa shape index (κ1) is 16.0. The van der Waals surface area contributed by atoms with Crippen LogP contribution in [-0.4, -0.2) is 28.4 Å². The molecule has 0 spiro atoms. The van der Waals surface area contributed by atoms with E-state index in [0.29, 0.717) is 29.8 Å². The molecule has 1 aliphatic carbocycles. The predicted molar refractivity (Wildman–Crippen MR) is 90.1 cm³/mol. The molecule has 0 aromatic carbocycles. The van der Waals surface area contributed by atoms with E-state index in [1.165, 1.54) is 26.0 Å². The number of guanidine groups is 1. The van der Waals surface area contributed by atoms with Crippen molar-refractivity contribution in [1.29, 1.82) is 0 Å². The molecule has 0 aliphatic heterocycles. The average Bonchev–Trinajstić information content (AvgIpc) is 3.29. The Labute approximate surface area is 139 Å². The van der Waals surface area contributed by atoms with Crippen molar-refractivity contribution in [3.8, 4) is 11.4 Å². The highest BCUT2D eigenvalue weighted by molar-refractivity contribution is 5.90. The highest BCUT2D eigenvalue weighted by atomic mass is 16.4. The van der Waals surface area contributed by atoms with Crippen molar-refractivity contribution in [3.63, 3.8) is 0 Å². The third kappa shape index (κ3) is 4.55. The predicted octanol–water partition coefficient (Wildman–Crippen LogP) is 1.51. The van der Waals surface area contributed by atoms with Crippen molar-refractivity contribution >= 4 is 17.9 Å². The maximum absolute atomic E-state index is 11.0. The zero-order valence-corrected chi connectivity index (χ0v) is 13.5. The van der Waals surface area contributed by atoms with Gasteiger partial charge in [0.05, 0.1) is 17.9 Å². The third-order valence-electron chi connectivity index (χ3n) is 3.54. The molecule has 0 atom stereocenters. The summed E-state index contributed by atoms with van der Waals surface area (Å²) in [7, 11) is 0. The minimum atomic E-state index is -0.101. The number of aromatic nitrogens is 2. The van der Waals surface area contributed by atoms with Gasteiger partial charge in [-0.05, 0) is 30.9 Å². The average molecular weight is 328 g/mol. The SMILES string of the molecule is CC(=O)NCc1cccc(-c2coc(NC(N)=NCC3CC3)n2)n1. The maximum atomic E-state index is 11.0. The van der Waals surface area contributed by atoms with Gasteiger partial charge in [-0.15, -0.1) is 0 Å². The number of anilines is 1. The summed E-state index contributed by atoms with van der Waals surface area (Å²) in [5.74, 6) is 0.861. The van der Waals surface area contributed by atoms with Crippen LogP contribution in [0.2, 0.25) is 0 Å². The zero-order chi connectivity index (χ0) is 16.9. The number of hydrogen-bond acceptors (Lipinski definition) is 5. The second-order valence-electron chi connectivity index (χ2n) is 5.76. The fourth-order valence-corrected chi connectivity index (χ4v) is 2.06. The Balaban J connectivity index is 1.64. The van der Waals surface area contributed by atoms with Crippen LogP contribution in [0.5, 0.6) is 0 Å². The molecule has 2 heterocycles. The molecule has 24 heavy (non-hydrogen) atoms. The Hall–Kier alpha value is -2.90. The molecule has 0 unspecified atom stereocenters. The highest BCUT2D eigenvalue weighted by Gasteiger charge is 2.20. The van der Waals surface area contributed by atoms with Crippen LogP contribution < -0.4 is 16.4 Å². The molecule has 1 saturated carbocycles. The number of carbonyl (C=O) groups excluding carboxylic acids is 1. The molecular weight excluding hydrogens is 308 g/mol. The van der Waals surface area contributed by atoms with Gasteiger partial charge in [-0.2, -0.15) is 4.98 Å². The van der Waals surface area contributed by atoms with Crippen LogP contribution in [0.25, 0.3) is 11.4 Å². The molecule has 4 N–H and O–H groups in total. The normalized spacial score (nSPS) is 14.5. The Morgan fingerprint density at radius 1 is 1.38 bits per heavy atom. The Bertz CT molecular complexity index is 751. The lowest BCUT2D eigenvalue weighted by molar-refractivity contribution is -0.119. The quantitative estimate of drug-likeness (QED) is 0.546.